The lowest BCUT2D eigenvalue weighted by Gasteiger charge is -2.26. The zero-order valence-corrected chi connectivity index (χ0v) is 18.5. The summed E-state index contributed by atoms with van der Waals surface area (Å²) in [5, 5.41) is 2.85. The predicted octanol–water partition coefficient (Wildman–Crippen LogP) is 5.77. The average molecular weight is 427 g/mol. The van der Waals surface area contributed by atoms with Crippen molar-refractivity contribution >= 4 is 35.0 Å². The summed E-state index contributed by atoms with van der Waals surface area (Å²) in [4.78, 5) is 26.8. The molecule has 2 amide bonds. The SMILES string of the molecule is CCCCCCC(=O)Nc1cccc([C@@H]2SCC(=O)N2c2ccccc2OCC)c1. The van der Waals surface area contributed by atoms with Gasteiger partial charge in [-0.3, -0.25) is 14.5 Å². The second kappa shape index (κ2) is 11.1. The van der Waals surface area contributed by atoms with Crippen molar-refractivity contribution in [1.29, 1.82) is 0 Å². The van der Waals surface area contributed by atoms with Crippen molar-refractivity contribution in [3.8, 4) is 5.75 Å². The summed E-state index contributed by atoms with van der Waals surface area (Å²) >= 11 is 1.59. The van der Waals surface area contributed by atoms with E-state index < -0.39 is 0 Å². The van der Waals surface area contributed by atoms with Crippen LogP contribution in [0.1, 0.15) is 56.9 Å². The Kier molecular flexibility index (Phi) is 8.20. The fourth-order valence-corrected chi connectivity index (χ4v) is 4.73. The van der Waals surface area contributed by atoms with Crippen LogP contribution in [0.2, 0.25) is 0 Å². The highest BCUT2D eigenvalue weighted by Crippen LogP contribution is 2.45. The van der Waals surface area contributed by atoms with Crippen LogP contribution in [-0.4, -0.2) is 24.2 Å². The summed E-state index contributed by atoms with van der Waals surface area (Å²) in [6.07, 6.45) is 4.85. The second-order valence-electron chi connectivity index (χ2n) is 7.31. The Labute approximate surface area is 183 Å². The van der Waals surface area contributed by atoms with E-state index in [4.69, 9.17) is 4.74 Å². The van der Waals surface area contributed by atoms with Crippen molar-refractivity contribution in [2.45, 2.75) is 51.3 Å². The van der Waals surface area contributed by atoms with E-state index in [9.17, 15) is 9.59 Å². The Morgan fingerprint density at radius 1 is 1.13 bits per heavy atom. The van der Waals surface area contributed by atoms with E-state index in [0.717, 1.165) is 42.6 Å². The van der Waals surface area contributed by atoms with Crippen LogP contribution in [0.5, 0.6) is 5.75 Å². The topological polar surface area (TPSA) is 58.6 Å². The molecule has 1 aliphatic heterocycles. The molecule has 5 nitrogen and oxygen atoms in total. The van der Waals surface area contributed by atoms with E-state index in [1.807, 2.05) is 55.5 Å². The second-order valence-corrected chi connectivity index (χ2v) is 8.38. The van der Waals surface area contributed by atoms with Gasteiger partial charge in [-0.15, -0.1) is 11.8 Å². The predicted molar refractivity (Wildman–Crippen MR) is 124 cm³/mol. The van der Waals surface area contributed by atoms with Gasteiger partial charge < -0.3 is 10.1 Å². The van der Waals surface area contributed by atoms with Gasteiger partial charge in [0.25, 0.3) is 0 Å². The highest BCUT2D eigenvalue weighted by atomic mass is 32.2. The Morgan fingerprint density at radius 2 is 1.97 bits per heavy atom. The smallest absolute Gasteiger partial charge is 0.238 e. The number of thioether (sulfide) groups is 1. The molecule has 0 aromatic heterocycles. The zero-order chi connectivity index (χ0) is 21.3. The molecule has 1 aliphatic rings. The van der Waals surface area contributed by atoms with Crippen molar-refractivity contribution in [2.75, 3.05) is 22.6 Å². The van der Waals surface area contributed by atoms with Crippen LogP contribution >= 0.6 is 11.8 Å². The minimum atomic E-state index is -0.152. The van der Waals surface area contributed by atoms with Gasteiger partial charge in [-0.05, 0) is 43.2 Å². The van der Waals surface area contributed by atoms with E-state index >= 15 is 0 Å². The molecule has 0 aliphatic carbocycles. The number of hydrogen-bond acceptors (Lipinski definition) is 4. The Balaban J connectivity index is 1.76. The number of nitrogens with zero attached hydrogens (tertiary/aromatic N) is 1. The number of unbranched alkanes of at least 4 members (excludes halogenated alkanes) is 3. The molecule has 2 aromatic carbocycles. The summed E-state index contributed by atoms with van der Waals surface area (Å²) < 4.78 is 5.75. The molecule has 6 heteroatoms. The zero-order valence-electron chi connectivity index (χ0n) is 17.7. The van der Waals surface area contributed by atoms with E-state index in [1.54, 1.807) is 16.7 Å². The van der Waals surface area contributed by atoms with E-state index in [2.05, 4.69) is 12.2 Å². The molecular weight excluding hydrogens is 396 g/mol. The number of rotatable bonds is 10. The van der Waals surface area contributed by atoms with Gasteiger partial charge in [-0.1, -0.05) is 50.5 Å². The number of para-hydroxylation sites is 2. The number of benzene rings is 2. The molecule has 0 unspecified atom stereocenters. The minimum absolute atomic E-state index is 0.0388. The molecule has 1 N–H and O–H groups in total. The molecule has 30 heavy (non-hydrogen) atoms. The lowest BCUT2D eigenvalue weighted by atomic mass is 10.1. The highest BCUT2D eigenvalue weighted by Gasteiger charge is 2.35. The van der Waals surface area contributed by atoms with E-state index in [0.29, 0.717) is 24.5 Å². The summed E-state index contributed by atoms with van der Waals surface area (Å²) in [6.45, 7) is 4.63. The average Bonchev–Trinajstić information content (AvgIpc) is 3.13. The van der Waals surface area contributed by atoms with Gasteiger partial charge in [0, 0.05) is 12.1 Å². The molecule has 2 aromatic rings. The lowest BCUT2D eigenvalue weighted by molar-refractivity contribution is -0.117. The molecule has 0 saturated carbocycles. The van der Waals surface area contributed by atoms with E-state index in [1.165, 1.54) is 0 Å². The van der Waals surface area contributed by atoms with Crippen LogP contribution in [0.4, 0.5) is 11.4 Å². The largest absolute Gasteiger partial charge is 0.492 e. The molecule has 1 heterocycles. The summed E-state index contributed by atoms with van der Waals surface area (Å²) in [5.74, 6) is 1.22. The number of carbonyl (C=O) groups excluding carboxylic acids is 2. The molecule has 0 radical (unpaired) electrons. The molecular formula is C24H30N2O3S. The van der Waals surface area contributed by atoms with Gasteiger partial charge in [0.15, 0.2) is 0 Å². The quantitative estimate of drug-likeness (QED) is 0.490. The van der Waals surface area contributed by atoms with E-state index in [-0.39, 0.29) is 17.2 Å². The van der Waals surface area contributed by atoms with Crippen LogP contribution in [0.3, 0.4) is 0 Å². The van der Waals surface area contributed by atoms with Crippen molar-refractivity contribution in [3.63, 3.8) is 0 Å². The van der Waals surface area contributed by atoms with Crippen LogP contribution < -0.4 is 15.0 Å². The number of nitrogens with one attached hydrogen (secondary N) is 1. The molecule has 1 fully saturated rings. The fraction of sp³-hybridized carbons (Fsp3) is 0.417. The van der Waals surface area contributed by atoms with Crippen LogP contribution in [0, 0.1) is 0 Å². The summed E-state index contributed by atoms with van der Waals surface area (Å²) in [7, 11) is 0. The van der Waals surface area contributed by atoms with Gasteiger partial charge in [0.05, 0.1) is 18.0 Å². The van der Waals surface area contributed by atoms with Gasteiger partial charge in [-0.25, -0.2) is 0 Å². The van der Waals surface area contributed by atoms with Crippen molar-refractivity contribution in [2.24, 2.45) is 0 Å². The molecule has 0 spiro atoms. The fourth-order valence-electron chi connectivity index (χ4n) is 3.57. The number of hydrogen-bond donors (Lipinski definition) is 1. The van der Waals surface area contributed by atoms with Crippen molar-refractivity contribution in [1.82, 2.24) is 0 Å². The maximum absolute atomic E-state index is 12.7. The third-order valence-corrected chi connectivity index (χ3v) is 6.22. The molecule has 160 valence electrons. The molecule has 3 rings (SSSR count). The van der Waals surface area contributed by atoms with Gasteiger partial charge in [0.1, 0.15) is 11.1 Å². The van der Waals surface area contributed by atoms with Gasteiger partial charge >= 0.3 is 0 Å². The standard InChI is InChI=1S/C24H30N2O3S/c1-3-5-6-7-15-22(27)25-19-12-10-11-18(16-19)24-26(23(28)17-30-24)20-13-8-9-14-21(20)29-4-2/h8-14,16,24H,3-7,15,17H2,1-2H3,(H,25,27)/t24-/m0/s1. The monoisotopic (exact) mass is 426 g/mol. The van der Waals surface area contributed by atoms with Gasteiger partial charge in [-0.2, -0.15) is 0 Å². The van der Waals surface area contributed by atoms with Crippen molar-refractivity contribution < 1.29 is 14.3 Å². The Hall–Kier alpha value is -2.47. The molecule has 1 saturated heterocycles. The highest BCUT2D eigenvalue weighted by molar-refractivity contribution is 8.00. The first-order valence-electron chi connectivity index (χ1n) is 10.7. The maximum atomic E-state index is 12.7. The normalized spacial score (nSPS) is 16.0. The number of carbonyl (C=O) groups is 2. The third kappa shape index (κ3) is 5.57. The van der Waals surface area contributed by atoms with Crippen LogP contribution in [0.15, 0.2) is 48.5 Å². The number of anilines is 2. The maximum Gasteiger partial charge on any atom is 0.238 e. The summed E-state index contributed by atoms with van der Waals surface area (Å²) in [6, 6.07) is 15.4. The molecule has 0 bridgehead atoms. The first-order chi connectivity index (χ1) is 14.6. The summed E-state index contributed by atoms with van der Waals surface area (Å²) in [5.41, 5.74) is 2.54. The number of ether oxygens (including phenoxy) is 1. The minimum Gasteiger partial charge on any atom is -0.492 e. The van der Waals surface area contributed by atoms with Gasteiger partial charge in [0.2, 0.25) is 11.8 Å². The number of amides is 2. The first kappa shape index (κ1) is 22.2. The van der Waals surface area contributed by atoms with Crippen LogP contribution in [0.25, 0.3) is 0 Å². The lowest BCUT2D eigenvalue weighted by Crippen LogP contribution is -2.28. The first-order valence-corrected chi connectivity index (χ1v) is 11.7. The molecule has 1 atom stereocenters. The Morgan fingerprint density at radius 3 is 2.77 bits per heavy atom. The van der Waals surface area contributed by atoms with Crippen LogP contribution in [-0.2, 0) is 9.59 Å². The van der Waals surface area contributed by atoms with Crippen molar-refractivity contribution in [3.05, 3.63) is 54.1 Å². The Bertz CT molecular complexity index is 871. The third-order valence-electron chi connectivity index (χ3n) is 5.01.